The number of hydroxylamine groups is 2. The Bertz CT molecular complexity index is 353. The lowest BCUT2D eigenvalue weighted by atomic mass is 10.1. The van der Waals surface area contributed by atoms with Crippen molar-refractivity contribution >= 4 is 17.8 Å². The predicted octanol–water partition coefficient (Wildman–Crippen LogP) is 2.22. The van der Waals surface area contributed by atoms with Crippen LogP contribution in [0.5, 0.6) is 0 Å². The number of imide groups is 1. The molecule has 120 valence electrons. The second kappa shape index (κ2) is 9.50. The van der Waals surface area contributed by atoms with Gasteiger partial charge in [-0.1, -0.05) is 26.7 Å². The molecule has 1 aliphatic heterocycles. The fourth-order valence-corrected chi connectivity index (χ4v) is 1.86. The summed E-state index contributed by atoms with van der Waals surface area (Å²) in [5, 5.41) is 0.595. The van der Waals surface area contributed by atoms with Crippen molar-refractivity contribution in [3.63, 3.8) is 0 Å². The second-order valence-corrected chi connectivity index (χ2v) is 5.44. The van der Waals surface area contributed by atoms with Gasteiger partial charge in [-0.3, -0.25) is 9.59 Å². The van der Waals surface area contributed by atoms with Gasteiger partial charge in [-0.15, -0.1) is 5.06 Å². The van der Waals surface area contributed by atoms with Crippen LogP contribution < -0.4 is 0 Å². The molecule has 0 aromatic rings. The Morgan fingerprint density at radius 3 is 2.48 bits per heavy atom. The van der Waals surface area contributed by atoms with E-state index < -0.39 is 17.8 Å². The first kappa shape index (κ1) is 17.6. The molecule has 0 aliphatic carbocycles. The molecule has 0 bridgehead atoms. The Hall–Kier alpha value is -1.43. The third-order valence-corrected chi connectivity index (χ3v) is 3.47. The summed E-state index contributed by atoms with van der Waals surface area (Å²) in [4.78, 5) is 38.8. The molecule has 0 saturated carbocycles. The molecule has 0 spiro atoms. The molecular weight excluding hydrogens is 274 g/mol. The number of rotatable bonds is 10. The van der Waals surface area contributed by atoms with Gasteiger partial charge in [0.1, 0.15) is 0 Å². The highest BCUT2D eigenvalue weighted by Gasteiger charge is 2.32. The average Bonchev–Trinajstić information content (AvgIpc) is 2.77. The van der Waals surface area contributed by atoms with Gasteiger partial charge < -0.3 is 9.57 Å². The lowest BCUT2D eigenvalue weighted by Gasteiger charge is -2.12. The SMILES string of the molecule is CCC(C)COCCCCCC(=O)ON1C(=O)CCC1=O. The Kier molecular flexibility index (Phi) is 7.97. The van der Waals surface area contributed by atoms with E-state index in [0.29, 0.717) is 24.0 Å². The topological polar surface area (TPSA) is 72.9 Å². The smallest absolute Gasteiger partial charge is 0.333 e. The minimum Gasteiger partial charge on any atom is -0.381 e. The molecule has 1 unspecified atom stereocenters. The van der Waals surface area contributed by atoms with Gasteiger partial charge in [0.15, 0.2) is 0 Å². The third kappa shape index (κ3) is 6.71. The van der Waals surface area contributed by atoms with Gasteiger partial charge in [0, 0.05) is 32.5 Å². The number of nitrogens with zero attached hydrogens (tertiary/aromatic N) is 1. The van der Waals surface area contributed by atoms with E-state index in [1.807, 2.05) is 0 Å². The van der Waals surface area contributed by atoms with Crippen molar-refractivity contribution in [2.24, 2.45) is 5.92 Å². The van der Waals surface area contributed by atoms with Crippen LogP contribution in [0.25, 0.3) is 0 Å². The zero-order valence-corrected chi connectivity index (χ0v) is 12.9. The summed E-state index contributed by atoms with van der Waals surface area (Å²) in [6, 6.07) is 0. The number of unbranched alkanes of at least 4 members (excludes halogenated alkanes) is 2. The highest BCUT2D eigenvalue weighted by molar-refractivity contribution is 6.01. The molecule has 6 nitrogen and oxygen atoms in total. The van der Waals surface area contributed by atoms with Gasteiger partial charge in [0.2, 0.25) is 0 Å². The van der Waals surface area contributed by atoms with Crippen LogP contribution in [0.3, 0.4) is 0 Å². The Morgan fingerprint density at radius 2 is 1.86 bits per heavy atom. The second-order valence-electron chi connectivity index (χ2n) is 5.44. The molecule has 6 heteroatoms. The molecule has 0 aromatic heterocycles. The molecule has 21 heavy (non-hydrogen) atoms. The van der Waals surface area contributed by atoms with Gasteiger partial charge in [0.05, 0.1) is 0 Å². The monoisotopic (exact) mass is 299 g/mol. The van der Waals surface area contributed by atoms with Crippen molar-refractivity contribution in [1.29, 1.82) is 0 Å². The van der Waals surface area contributed by atoms with Crippen molar-refractivity contribution in [2.75, 3.05) is 13.2 Å². The maximum atomic E-state index is 11.5. The first-order chi connectivity index (χ1) is 10.0. The van der Waals surface area contributed by atoms with Crippen LogP contribution >= 0.6 is 0 Å². The number of hydrogen-bond acceptors (Lipinski definition) is 5. The van der Waals surface area contributed by atoms with Crippen LogP contribution in [0.1, 0.15) is 58.8 Å². The summed E-state index contributed by atoms with van der Waals surface area (Å²) in [6.45, 7) is 5.76. The van der Waals surface area contributed by atoms with Crippen LogP contribution in [0.4, 0.5) is 0 Å². The van der Waals surface area contributed by atoms with Crippen molar-refractivity contribution in [1.82, 2.24) is 5.06 Å². The molecule has 1 aliphatic rings. The summed E-state index contributed by atoms with van der Waals surface area (Å²) in [7, 11) is 0. The Labute approximate surface area is 125 Å². The van der Waals surface area contributed by atoms with Crippen LogP contribution in [0.2, 0.25) is 0 Å². The molecule has 1 rings (SSSR count). The van der Waals surface area contributed by atoms with Crippen LogP contribution in [0.15, 0.2) is 0 Å². The molecule has 0 aromatic carbocycles. The van der Waals surface area contributed by atoms with E-state index in [9.17, 15) is 14.4 Å². The fraction of sp³-hybridized carbons (Fsp3) is 0.800. The van der Waals surface area contributed by atoms with Crippen molar-refractivity contribution in [3.05, 3.63) is 0 Å². The van der Waals surface area contributed by atoms with Crippen LogP contribution in [0, 0.1) is 5.92 Å². The molecule has 2 amide bonds. The first-order valence-corrected chi connectivity index (χ1v) is 7.69. The molecule has 1 heterocycles. The Balaban J connectivity index is 2.01. The number of carbonyl (C=O) groups is 3. The van der Waals surface area contributed by atoms with Gasteiger partial charge in [0.25, 0.3) is 11.8 Å². The highest BCUT2D eigenvalue weighted by Crippen LogP contribution is 2.13. The molecule has 1 saturated heterocycles. The van der Waals surface area contributed by atoms with Crippen molar-refractivity contribution in [2.45, 2.75) is 58.8 Å². The zero-order chi connectivity index (χ0) is 15.7. The van der Waals surface area contributed by atoms with E-state index in [0.717, 1.165) is 25.9 Å². The molecule has 0 radical (unpaired) electrons. The predicted molar refractivity (Wildman–Crippen MR) is 75.9 cm³/mol. The summed E-state index contributed by atoms with van der Waals surface area (Å²) in [5.74, 6) is -0.826. The van der Waals surface area contributed by atoms with Crippen LogP contribution in [-0.2, 0) is 24.0 Å². The van der Waals surface area contributed by atoms with E-state index in [1.54, 1.807) is 0 Å². The molecule has 0 N–H and O–H groups in total. The number of ether oxygens (including phenoxy) is 1. The lowest BCUT2D eigenvalue weighted by Crippen LogP contribution is -2.31. The maximum absolute atomic E-state index is 11.5. The summed E-state index contributed by atoms with van der Waals surface area (Å²) >= 11 is 0. The quantitative estimate of drug-likeness (QED) is 0.457. The zero-order valence-electron chi connectivity index (χ0n) is 12.9. The number of hydrogen-bond donors (Lipinski definition) is 0. The maximum Gasteiger partial charge on any atom is 0.333 e. The minimum atomic E-state index is -0.529. The molecular formula is C15H25NO5. The third-order valence-electron chi connectivity index (χ3n) is 3.47. The lowest BCUT2D eigenvalue weighted by molar-refractivity contribution is -0.197. The van der Waals surface area contributed by atoms with E-state index in [-0.39, 0.29) is 19.3 Å². The van der Waals surface area contributed by atoms with Gasteiger partial charge in [-0.05, 0) is 18.8 Å². The average molecular weight is 299 g/mol. The largest absolute Gasteiger partial charge is 0.381 e. The van der Waals surface area contributed by atoms with Gasteiger partial charge in [-0.2, -0.15) is 0 Å². The summed E-state index contributed by atoms with van der Waals surface area (Å²) < 4.78 is 5.52. The van der Waals surface area contributed by atoms with Gasteiger partial charge in [-0.25, -0.2) is 4.79 Å². The highest BCUT2D eigenvalue weighted by atomic mass is 16.7. The van der Waals surface area contributed by atoms with Crippen molar-refractivity contribution < 1.29 is 24.0 Å². The minimum absolute atomic E-state index is 0.125. The summed E-state index contributed by atoms with van der Waals surface area (Å²) in [6.07, 6.45) is 3.99. The van der Waals surface area contributed by atoms with E-state index in [2.05, 4.69) is 13.8 Å². The first-order valence-electron chi connectivity index (χ1n) is 7.69. The summed E-state index contributed by atoms with van der Waals surface area (Å²) in [5.41, 5.74) is 0. The van der Waals surface area contributed by atoms with Crippen molar-refractivity contribution in [3.8, 4) is 0 Å². The van der Waals surface area contributed by atoms with E-state index >= 15 is 0 Å². The van der Waals surface area contributed by atoms with Gasteiger partial charge >= 0.3 is 5.97 Å². The molecule has 1 atom stereocenters. The standard InChI is InChI=1S/C15H25NO5/c1-3-12(2)11-20-10-6-4-5-7-15(19)21-16-13(17)8-9-14(16)18/h12H,3-11H2,1-2H3. The van der Waals surface area contributed by atoms with Crippen LogP contribution in [-0.4, -0.2) is 36.1 Å². The fourth-order valence-electron chi connectivity index (χ4n) is 1.86. The number of carbonyl (C=O) groups excluding carboxylic acids is 3. The normalized spacial score (nSPS) is 16.4. The molecule has 1 fully saturated rings. The number of amides is 2. The Morgan fingerprint density at radius 1 is 1.19 bits per heavy atom. The van der Waals surface area contributed by atoms with E-state index in [1.165, 1.54) is 0 Å². The van der Waals surface area contributed by atoms with E-state index in [4.69, 9.17) is 9.57 Å².